The first kappa shape index (κ1) is 21.9. The molecule has 176 valence electrons. The molecule has 7 rings (SSSR count). The van der Waals surface area contributed by atoms with Crippen molar-refractivity contribution in [3.05, 3.63) is 133 Å². The minimum Gasteiger partial charge on any atom is -0.236 e. The second-order valence-electron chi connectivity index (χ2n) is 9.46. The zero-order valence-electron chi connectivity index (χ0n) is 20.5. The van der Waals surface area contributed by atoms with Crippen LogP contribution in [0.15, 0.2) is 128 Å². The van der Waals surface area contributed by atoms with Crippen molar-refractivity contribution >= 4 is 32.4 Å². The van der Waals surface area contributed by atoms with Crippen molar-refractivity contribution in [2.75, 3.05) is 0 Å². The van der Waals surface area contributed by atoms with Gasteiger partial charge in [-0.1, -0.05) is 78.9 Å². The van der Waals surface area contributed by atoms with E-state index in [2.05, 4.69) is 83.8 Å². The minimum atomic E-state index is 0.658. The maximum atomic E-state index is 9.27. The number of hydrogen-bond donors (Lipinski definition) is 0. The molecule has 0 amide bonds. The molecular weight excluding hydrogens is 462 g/mol. The first-order valence-electron chi connectivity index (χ1n) is 12.5. The molecule has 0 spiro atoms. The SMILES string of the molecule is N#Cc1ccc(-c2cc3ccccc3cc2-c2ccc3ccc(-c4ncc5ccccc5n4)cc3c2)cc1. The summed E-state index contributed by atoms with van der Waals surface area (Å²) >= 11 is 0. The summed E-state index contributed by atoms with van der Waals surface area (Å²) in [5, 5.41) is 15.0. The fourth-order valence-corrected chi connectivity index (χ4v) is 5.11. The first-order valence-corrected chi connectivity index (χ1v) is 12.5. The fraction of sp³-hybridized carbons (Fsp3) is 0. The third-order valence-corrected chi connectivity index (χ3v) is 7.11. The Morgan fingerprint density at radius 3 is 1.84 bits per heavy atom. The van der Waals surface area contributed by atoms with Gasteiger partial charge in [-0.3, -0.25) is 0 Å². The van der Waals surface area contributed by atoms with E-state index >= 15 is 0 Å². The van der Waals surface area contributed by atoms with E-state index in [9.17, 15) is 5.26 Å². The molecule has 0 fully saturated rings. The van der Waals surface area contributed by atoms with Crippen LogP contribution in [-0.4, -0.2) is 9.97 Å². The molecule has 38 heavy (non-hydrogen) atoms. The third kappa shape index (κ3) is 3.86. The van der Waals surface area contributed by atoms with E-state index in [1.807, 2.05) is 54.7 Å². The zero-order valence-corrected chi connectivity index (χ0v) is 20.5. The van der Waals surface area contributed by atoms with Crippen LogP contribution in [0.5, 0.6) is 0 Å². The Kier molecular flexibility index (Phi) is 5.17. The van der Waals surface area contributed by atoms with Gasteiger partial charge in [-0.05, 0) is 86.3 Å². The number of fused-ring (bicyclic) bond motifs is 3. The Morgan fingerprint density at radius 1 is 0.500 bits per heavy atom. The molecular formula is C35H21N3. The number of hydrogen-bond acceptors (Lipinski definition) is 3. The average Bonchev–Trinajstić information content (AvgIpc) is 2.99. The molecule has 3 heteroatoms. The molecule has 0 bridgehead atoms. The molecule has 3 nitrogen and oxygen atoms in total. The van der Waals surface area contributed by atoms with E-state index in [1.54, 1.807) is 0 Å². The van der Waals surface area contributed by atoms with Crippen molar-refractivity contribution in [2.24, 2.45) is 0 Å². The Labute approximate surface area is 220 Å². The van der Waals surface area contributed by atoms with Gasteiger partial charge in [0.25, 0.3) is 0 Å². The van der Waals surface area contributed by atoms with Crippen molar-refractivity contribution in [3.63, 3.8) is 0 Å². The lowest BCUT2D eigenvalue weighted by Crippen LogP contribution is -1.90. The van der Waals surface area contributed by atoms with Gasteiger partial charge in [0.1, 0.15) is 0 Å². The molecule has 0 radical (unpaired) electrons. The Bertz CT molecular complexity index is 2030. The summed E-state index contributed by atoms with van der Waals surface area (Å²) in [5.74, 6) is 0.722. The van der Waals surface area contributed by atoms with Gasteiger partial charge >= 0.3 is 0 Å². The number of benzene rings is 6. The lowest BCUT2D eigenvalue weighted by molar-refractivity contribution is 1.23. The van der Waals surface area contributed by atoms with E-state index in [0.717, 1.165) is 49.9 Å². The highest BCUT2D eigenvalue weighted by Crippen LogP contribution is 2.37. The fourth-order valence-electron chi connectivity index (χ4n) is 5.11. The van der Waals surface area contributed by atoms with Crippen molar-refractivity contribution < 1.29 is 0 Å². The van der Waals surface area contributed by atoms with E-state index in [-0.39, 0.29) is 0 Å². The predicted molar refractivity (Wildman–Crippen MR) is 156 cm³/mol. The molecule has 0 aliphatic rings. The molecule has 1 aromatic heterocycles. The molecule has 6 aromatic carbocycles. The second kappa shape index (κ2) is 8.96. The lowest BCUT2D eigenvalue weighted by Gasteiger charge is -2.14. The van der Waals surface area contributed by atoms with Crippen molar-refractivity contribution in [1.82, 2.24) is 9.97 Å². The highest BCUT2D eigenvalue weighted by Gasteiger charge is 2.12. The van der Waals surface area contributed by atoms with Crippen LogP contribution in [0.25, 0.3) is 66.1 Å². The third-order valence-electron chi connectivity index (χ3n) is 7.11. The lowest BCUT2D eigenvalue weighted by atomic mass is 9.90. The summed E-state index contributed by atoms with van der Waals surface area (Å²) in [6.07, 6.45) is 1.89. The molecule has 0 saturated carbocycles. The molecule has 0 saturated heterocycles. The molecule has 0 atom stereocenters. The molecule has 1 heterocycles. The second-order valence-corrected chi connectivity index (χ2v) is 9.46. The van der Waals surface area contributed by atoms with Gasteiger partial charge in [-0.25, -0.2) is 9.97 Å². The average molecular weight is 484 g/mol. The van der Waals surface area contributed by atoms with Gasteiger partial charge in [0.05, 0.1) is 17.1 Å². The van der Waals surface area contributed by atoms with Gasteiger partial charge in [-0.15, -0.1) is 0 Å². The Balaban J connectivity index is 1.39. The number of rotatable bonds is 3. The Hall–Kier alpha value is -5.33. The van der Waals surface area contributed by atoms with Gasteiger partial charge in [-0.2, -0.15) is 5.26 Å². The van der Waals surface area contributed by atoms with Crippen LogP contribution in [0.4, 0.5) is 0 Å². The van der Waals surface area contributed by atoms with Gasteiger partial charge in [0.2, 0.25) is 0 Å². The summed E-state index contributed by atoms with van der Waals surface area (Å²) in [5.41, 5.74) is 7.11. The highest BCUT2D eigenvalue weighted by atomic mass is 14.9. The van der Waals surface area contributed by atoms with E-state index in [4.69, 9.17) is 4.98 Å². The van der Waals surface area contributed by atoms with E-state index in [0.29, 0.717) is 5.56 Å². The first-order chi connectivity index (χ1) is 18.7. The van der Waals surface area contributed by atoms with Crippen molar-refractivity contribution in [3.8, 4) is 39.7 Å². The van der Waals surface area contributed by atoms with E-state index < -0.39 is 0 Å². The van der Waals surface area contributed by atoms with Crippen LogP contribution in [0, 0.1) is 11.3 Å². The summed E-state index contributed by atoms with van der Waals surface area (Å²) in [6, 6.07) is 44.0. The van der Waals surface area contributed by atoms with Crippen LogP contribution in [0.3, 0.4) is 0 Å². The normalized spacial score (nSPS) is 11.1. The Morgan fingerprint density at radius 2 is 1.11 bits per heavy atom. The van der Waals surface area contributed by atoms with Crippen LogP contribution < -0.4 is 0 Å². The molecule has 0 aliphatic heterocycles. The minimum absolute atomic E-state index is 0.658. The predicted octanol–water partition coefficient (Wildman–Crippen LogP) is 8.81. The van der Waals surface area contributed by atoms with Crippen molar-refractivity contribution in [2.45, 2.75) is 0 Å². The number of aromatic nitrogens is 2. The quantitative estimate of drug-likeness (QED) is 0.252. The largest absolute Gasteiger partial charge is 0.236 e. The standard InChI is InChI=1S/C35H21N3/c36-21-23-9-11-25(12-10-23)32-19-26-5-1-2-6-27(26)20-33(32)28-15-13-24-14-16-29(18-31(24)17-28)35-37-22-30-7-3-4-8-34(30)38-35/h1-20,22H. The molecule has 0 N–H and O–H groups in total. The van der Waals surface area contributed by atoms with Crippen molar-refractivity contribution in [1.29, 1.82) is 5.26 Å². The molecule has 0 aliphatic carbocycles. The molecule has 7 aromatic rings. The zero-order chi connectivity index (χ0) is 25.5. The maximum absolute atomic E-state index is 9.27. The van der Waals surface area contributed by atoms with Gasteiger partial charge in [0, 0.05) is 17.1 Å². The maximum Gasteiger partial charge on any atom is 0.159 e. The summed E-state index contributed by atoms with van der Waals surface area (Å²) < 4.78 is 0. The van der Waals surface area contributed by atoms with Gasteiger partial charge in [0.15, 0.2) is 5.82 Å². The van der Waals surface area contributed by atoms with Crippen LogP contribution >= 0.6 is 0 Å². The van der Waals surface area contributed by atoms with Crippen LogP contribution in [0.2, 0.25) is 0 Å². The summed E-state index contributed by atoms with van der Waals surface area (Å²) in [6.45, 7) is 0. The summed E-state index contributed by atoms with van der Waals surface area (Å²) in [4.78, 5) is 9.43. The van der Waals surface area contributed by atoms with Gasteiger partial charge < -0.3 is 0 Å². The topological polar surface area (TPSA) is 49.6 Å². The van der Waals surface area contributed by atoms with Crippen LogP contribution in [0.1, 0.15) is 5.56 Å². The summed E-state index contributed by atoms with van der Waals surface area (Å²) in [7, 11) is 0. The number of nitrogens with zero attached hydrogens (tertiary/aromatic N) is 3. The highest BCUT2D eigenvalue weighted by molar-refractivity contribution is 5.99. The number of para-hydroxylation sites is 1. The van der Waals surface area contributed by atoms with E-state index in [1.165, 1.54) is 16.2 Å². The number of nitriles is 1. The smallest absolute Gasteiger partial charge is 0.159 e. The monoisotopic (exact) mass is 483 g/mol. The van der Waals surface area contributed by atoms with Crippen LogP contribution in [-0.2, 0) is 0 Å². The molecule has 0 unspecified atom stereocenters.